The van der Waals surface area contributed by atoms with Gasteiger partial charge in [-0.3, -0.25) is 0 Å². The number of ether oxygens (including phenoxy) is 8. The number of hydrogen-bond donors (Lipinski definition) is 0. The second kappa shape index (κ2) is 9.44. The van der Waals surface area contributed by atoms with E-state index in [0.29, 0.717) is 52.9 Å². The van der Waals surface area contributed by atoms with Crippen molar-refractivity contribution in [2.45, 2.75) is 76.5 Å². The van der Waals surface area contributed by atoms with Crippen molar-refractivity contribution in [3.05, 3.63) is 0 Å². The molecule has 0 N–H and O–H groups in total. The molecule has 8 nitrogen and oxygen atoms in total. The van der Waals surface area contributed by atoms with Crippen LogP contribution in [-0.4, -0.2) is 77.0 Å². The van der Waals surface area contributed by atoms with E-state index in [9.17, 15) is 0 Å². The fraction of sp³-hybridized carbons (Fsp3) is 1.00. The van der Waals surface area contributed by atoms with Crippen molar-refractivity contribution >= 4 is 0 Å². The summed E-state index contributed by atoms with van der Waals surface area (Å²) in [6, 6.07) is 0. The average molecular weight is 417 g/mol. The molecule has 0 bridgehead atoms. The summed E-state index contributed by atoms with van der Waals surface area (Å²) in [4.78, 5) is 0. The molecule has 4 atom stereocenters. The van der Waals surface area contributed by atoms with E-state index in [1.54, 1.807) is 0 Å². The summed E-state index contributed by atoms with van der Waals surface area (Å²) in [6.07, 6.45) is 5.69. The molecule has 0 aromatic carbocycles. The lowest BCUT2D eigenvalue weighted by Gasteiger charge is -2.31. The van der Waals surface area contributed by atoms with Crippen LogP contribution >= 0.6 is 0 Å². The van der Waals surface area contributed by atoms with Crippen molar-refractivity contribution in [3.63, 3.8) is 0 Å². The van der Waals surface area contributed by atoms with Gasteiger partial charge in [0.25, 0.3) is 11.9 Å². The lowest BCUT2D eigenvalue weighted by molar-refractivity contribution is -0.352. The minimum atomic E-state index is -0.826. The van der Waals surface area contributed by atoms with Crippen LogP contribution in [0, 0.1) is 5.41 Å². The molecule has 168 valence electrons. The maximum atomic E-state index is 5.97. The second-order valence-electron chi connectivity index (χ2n) is 9.27. The normalized spacial score (nSPS) is 38.3. The second-order valence-corrected chi connectivity index (χ2v) is 9.27. The van der Waals surface area contributed by atoms with Crippen molar-refractivity contribution < 1.29 is 37.9 Å². The monoisotopic (exact) mass is 416 g/mol. The molecule has 4 rings (SSSR count). The minimum absolute atomic E-state index is 0.0828. The fourth-order valence-corrected chi connectivity index (χ4v) is 4.12. The Bertz CT molecular complexity index is 469. The van der Waals surface area contributed by atoms with Crippen LogP contribution in [0.4, 0.5) is 0 Å². The van der Waals surface area contributed by atoms with E-state index in [4.69, 9.17) is 37.9 Å². The molecule has 0 aromatic rings. The van der Waals surface area contributed by atoms with Crippen molar-refractivity contribution in [3.8, 4) is 0 Å². The molecule has 4 fully saturated rings. The maximum absolute atomic E-state index is 5.97. The Morgan fingerprint density at radius 2 is 1.21 bits per heavy atom. The largest absolute Gasteiger partial charge is 0.378 e. The Labute approximate surface area is 173 Å². The third kappa shape index (κ3) is 5.89. The molecule has 0 saturated carbocycles. The van der Waals surface area contributed by atoms with Gasteiger partial charge in [0.2, 0.25) is 0 Å². The number of rotatable bonds is 8. The van der Waals surface area contributed by atoms with Crippen molar-refractivity contribution in [2.24, 2.45) is 5.41 Å². The van der Waals surface area contributed by atoms with E-state index in [-0.39, 0.29) is 17.6 Å². The quantitative estimate of drug-likeness (QED) is 0.598. The van der Waals surface area contributed by atoms with Crippen LogP contribution in [0.5, 0.6) is 0 Å². The standard InChI is InChI=1S/C21H36O8/c1-19(2,15-22-11-17-13-26-20(28-17)7-3-5-9-24-20)16-23-12-18-14-27-21(29-18)8-4-6-10-25-21/h17-18H,3-16H2,1-2H3. The minimum Gasteiger partial charge on any atom is -0.378 e. The lowest BCUT2D eigenvalue weighted by atomic mass is 9.96. The summed E-state index contributed by atoms with van der Waals surface area (Å²) >= 11 is 0. The van der Waals surface area contributed by atoms with Gasteiger partial charge in [-0.25, -0.2) is 0 Å². The molecule has 29 heavy (non-hydrogen) atoms. The van der Waals surface area contributed by atoms with Crippen LogP contribution in [0.3, 0.4) is 0 Å². The van der Waals surface area contributed by atoms with Gasteiger partial charge in [-0.05, 0) is 25.7 Å². The van der Waals surface area contributed by atoms with Crippen LogP contribution < -0.4 is 0 Å². The van der Waals surface area contributed by atoms with Gasteiger partial charge in [-0.2, -0.15) is 0 Å². The predicted molar refractivity (Wildman–Crippen MR) is 102 cm³/mol. The third-order valence-corrected chi connectivity index (χ3v) is 5.66. The van der Waals surface area contributed by atoms with Crippen molar-refractivity contribution in [2.75, 3.05) is 52.9 Å². The molecule has 0 amide bonds. The zero-order valence-electron chi connectivity index (χ0n) is 17.8. The fourth-order valence-electron chi connectivity index (χ4n) is 4.12. The summed E-state index contributed by atoms with van der Waals surface area (Å²) in [6.45, 7) is 8.82. The summed E-state index contributed by atoms with van der Waals surface area (Å²) in [5, 5.41) is 0. The van der Waals surface area contributed by atoms with Gasteiger partial charge in [0, 0.05) is 18.3 Å². The summed E-state index contributed by atoms with van der Waals surface area (Å²) < 4.78 is 46.7. The van der Waals surface area contributed by atoms with Crippen LogP contribution in [0.2, 0.25) is 0 Å². The first-order valence-electron chi connectivity index (χ1n) is 11.1. The molecule has 8 heteroatoms. The Morgan fingerprint density at radius 3 is 1.62 bits per heavy atom. The topological polar surface area (TPSA) is 73.8 Å². The Hall–Kier alpha value is -0.320. The molecule has 4 aliphatic heterocycles. The van der Waals surface area contributed by atoms with E-state index in [1.165, 1.54) is 0 Å². The van der Waals surface area contributed by atoms with E-state index < -0.39 is 11.9 Å². The Kier molecular flexibility index (Phi) is 7.13. The maximum Gasteiger partial charge on any atom is 0.283 e. The molecule has 2 spiro atoms. The highest BCUT2D eigenvalue weighted by Gasteiger charge is 2.45. The highest BCUT2D eigenvalue weighted by Crippen LogP contribution is 2.35. The molecule has 4 unspecified atom stereocenters. The van der Waals surface area contributed by atoms with E-state index >= 15 is 0 Å². The average Bonchev–Trinajstić information content (AvgIpc) is 3.27. The summed E-state index contributed by atoms with van der Waals surface area (Å²) in [5.74, 6) is -1.65. The number of hydrogen-bond acceptors (Lipinski definition) is 8. The van der Waals surface area contributed by atoms with Gasteiger partial charge in [-0.15, -0.1) is 0 Å². The first kappa shape index (κ1) is 21.9. The lowest BCUT2D eigenvalue weighted by Crippen LogP contribution is -2.38. The molecule has 4 aliphatic rings. The molecular formula is C21H36O8. The Morgan fingerprint density at radius 1 is 0.724 bits per heavy atom. The Balaban J connectivity index is 1.10. The van der Waals surface area contributed by atoms with Crippen molar-refractivity contribution in [1.29, 1.82) is 0 Å². The SMILES string of the molecule is CC(C)(COCC1COC2(CCCCO2)O1)COCC1COC2(CCCCO2)O1. The molecule has 0 radical (unpaired) electrons. The van der Waals surface area contributed by atoms with Crippen molar-refractivity contribution in [1.82, 2.24) is 0 Å². The van der Waals surface area contributed by atoms with E-state index in [0.717, 1.165) is 38.5 Å². The smallest absolute Gasteiger partial charge is 0.283 e. The highest BCUT2D eigenvalue weighted by molar-refractivity contribution is 4.76. The first-order valence-corrected chi connectivity index (χ1v) is 11.1. The van der Waals surface area contributed by atoms with Gasteiger partial charge >= 0.3 is 0 Å². The molecule has 4 saturated heterocycles. The van der Waals surface area contributed by atoms with Gasteiger partial charge in [0.1, 0.15) is 12.2 Å². The highest BCUT2D eigenvalue weighted by atomic mass is 16.9. The first-order chi connectivity index (χ1) is 14.0. The molecular weight excluding hydrogens is 380 g/mol. The third-order valence-electron chi connectivity index (χ3n) is 5.66. The van der Waals surface area contributed by atoms with Gasteiger partial charge in [0.05, 0.1) is 52.9 Å². The van der Waals surface area contributed by atoms with Crippen LogP contribution in [0.25, 0.3) is 0 Å². The summed E-state index contributed by atoms with van der Waals surface area (Å²) in [5.41, 5.74) is -0.114. The predicted octanol–water partition coefficient (Wildman–Crippen LogP) is 2.59. The van der Waals surface area contributed by atoms with Gasteiger partial charge in [-0.1, -0.05) is 13.8 Å². The van der Waals surface area contributed by atoms with Crippen LogP contribution in [0.15, 0.2) is 0 Å². The summed E-state index contributed by atoms with van der Waals surface area (Å²) in [7, 11) is 0. The molecule has 0 aromatic heterocycles. The van der Waals surface area contributed by atoms with E-state index in [2.05, 4.69) is 13.8 Å². The van der Waals surface area contributed by atoms with E-state index in [1.807, 2.05) is 0 Å². The molecule has 4 heterocycles. The zero-order valence-corrected chi connectivity index (χ0v) is 17.8. The van der Waals surface area contributed by atoms with Crippen LogP contribution in [-0.2, 0) is 37.9 Å². The van der Waals surface area contributed by atoms with Crippen LogP contribution in [0.1, 0.15) is 52.4 Å². The van der Waals surface area contributed by atoms with Gasteiger partial charge in [0.15, 0.2) is 0 Å². The molecule has 0 aliphatic carbocycles. The van der Waals surface area contributed by atoms with Gasteiger partial charge < -0.3 is 37.9 Å². The zero-order chi connectivity index (χ0) is 20.2.